The SMILES string of the molecule is Cc1cccc2sc(NC(=O)c3ccc(-n4c(C)nc5ccccc5c4=O)cc3)nc12. The number of hydrogen-bond acceptors (Lipinski definition) is 5. The van der Waals surface area contributed by atoms with Gasteiger partial charge in [-0.05, 0) is 61.9 Å². The van der Waals surface area contributed by atoms with E-state index >= 15 is 0 Å². The molecular formula is C24H18N4O2S. The molecule has 0 atom stereocenters. The van der Waals surface area contributed by atoms with Gasteiger partial charge in [-0.2, -0.15) is 0 Å². The number of aromatic nitrogens is 3. The third-order valence-corrected chi connectivity index (χ3v) is 6.11. The largest absolute Gasteiger partial charge is 0.298 e. The second kappa shape index (κ2) is 7.45. The standard InChI is InChI=1S/C24H18N4O2S/c1-14-6-5-9-20-21(14)26-24(31-20)27-22(29)16-10-12-17(13-11-16)28-15(2)25-19-8-4-3-7-18(19)23(28)30/h3-13H,1-2H3,(H,26,27,29). The van der Waals surface area contributed by atoms with Crippen molar-refractivity contribution < 1.29 is 4.79 Å². The fourth-order valence-electron chi connectivity index (χ4n) is 3.62. The lowest BCUT2D eigenvalue weighted by molar-refractivity contribution is 0.102. The number of fused-ring (bicyclic) bond motifs is 2. The molecule has 0 aliphatic carbocycles. The summed E-state index contributed by atoms with van der Waals surface area (Å²) in [6, 6.07) is 20.1. The van der Waals surface area contributed by atoms with Crippen LogP contribution in [-0.4, -0.2) is 20.4 Å². The summed E-state index contributed by atoms with van der Waals surface area (Å²) in [4.78, 5) is 34.7. The molecule has 2 aromatic heterocycles. The van der Waals surface area contributed by atoms with Crippen LogP contribution in [0.25, 0.3) is 26.8 Å². The summed E-state index contributed by atoms with van der Waals surface area (Å²) in [6.07, 6.45) is 0. The molecule has 0 aliphatic rings. The molecule has 0 radical (unpaired) electrons. The summed E-state index contributed by atoms with van der Waals surface area (Å²) in [5.41, 5.74) is 3.65. The summed E-state index contributed by atoms with van der Waals surface area (Å²) in [7, 11) is 0. The highest BCUT2D eigenvalue weighted by Gasteiger charge is 2.13. The summed E-state index contributed by atoms with van der Waals surface area (Å²) in [5.74, 6) is 0.342. The molecule has 0 unspecified atom stereocenters. The molecule has 0 aliphatic heterocycles. The summed E-state index contributed by atoms with van der Waals surface area (Å²) < 4.78 is 2.59. The van der Waals surface area contributed by atoms with Crippen molar-refractivity contribution in [2.75, 3.05) is 5.32 Å². The Kier molecular flexibility index (Phi) is 4.60. The first-order valence-electron chi connectivity index (χ1n) is 9.77. The minimum Gasteiger partial charge on any atom is -0.298 e. The fraction of sp³-hybridized carbons (Fsp3) is 0.0833. The van der Waals surface area contributed by atoms with Crippen molar-refractivity contribution in [2.24, 2.45) is 0 Å². The third kappa shape index (κ3) is 3.39. The van der Waals surface area contributed by atoms with E-state index in [1.54, 1.807) is 41.8 Å². The van der Waals surface area contributed by atoms with Crippen molar-refractivity contribution in [3.63, 3.8) is 0 Å². The van der Waals surface area contributed by atoms with Crippen molar-refractivity contribution in [3.8, 4) is 5.69 Å². The van der Waals surface area contributed by atoms with Gasteiger partial charge in [0.15, 0.2) is 5.13 Å². The number of carbonyl (C=O) groups is 1. The minimum atomic E-state index is -0.246. The second-order valence-electron chi connectivity index (χ2n) is 7.26. The lowest BCUT2D eigenvalue weighted by Crippen LogP contribution is -2.22. The Hall–Kier alpha value is -3.84. The zero-order valence-electron chi connectivity index (χ0n) is 16.9. The van der Waals surface area contributed by atoms with Crippen LogP contribution in [0.4, 0.5) is 5.13 Å². The van der Waals surface area contributed by atoms with Crippen molar-refractivity contribution >= 4 is 43.5 Å². The van der Waals surface area contributed by atoms with Gasteiger partial charge < -0.3 is 0 Å². The van der Waals surface area contributed by atoms with E-state index in [4.69, 9.17) is 0 Å². The first-order valence-corrected chi connectivity index (χ1v) is 10.6. The van der Waals surface area contributed by atoms with Crippen molar-refractivity contribution in [2.45, 2.75) is 13.8 Å². The Bertz CT molecular complexity index is 1520. The van der Waals surface area contributed by atoms with Crippen LogP contribution in [0.1, 0.15) is 21.7 Å². The number of nitrogens with zero attached hydrogens (tertiary/aromatic N) is 3. The molecule has 1 N–H and O–H groups in total. The average Bonchev–Trinajstić information content (AvgIpc) is 3.18. The van der Waals surface area contributed by atoms with Gasteiger partial charge in [-0.25, -0.2) is 9.97 Å². The van der Waals surface area contributed by atoms with Crippen LogP contribution in [0.15, 0.2) is 71.5 Å². The average molecular weight is 427 g/mol. The first-order chi connectivity index (χ1) is 15.0. The van der Waals surface area contributed by atoms with Gasteiger partial charge in [-0.15, -0.1) is 0 Å². The fourth-order valence-corrected chi connectivity index (χ4v) is 4.56. The maximum atomic E-state index is 13.0. The number of amides is 1. The van der Waals surface area contributed by atoms with Crippen LogP contribution >= 0.6 is 11.3 Å². The molecule has 31 heavy (non-hydrogen) atoms. The van der Waals surface area contributed by atoms with Gasteiger partial charge in [0, 0.05) is 5.56 Å². The van der Waals surface area contributed by atoms with E-state index in [1.807, 2.05) is 43.3 Å². The van der Waals surface area contributed by atoms with Gasteiger partial charge in [0.1, 0.15) is 5.82 Å². The van der Waals surface area contributed by atoms with Crippen molar-refractivity contribution in [3.05, 3.63) is 94.0 Å². The number of anilines is 1. The molecule has 0 saturated carbocycles. The van der Waals surface area contributed by atoms with Crippen molar-refractivity contribution in [1.29, 1.82) is 0 Å². The number of nitrogens with one attached hydrogen (secondary N) is 1. The number of rotatable bonds is 3. The molecule has 5 aromatic rings. The lowest BCUT2D eigenvalue weighted by Gasteiger charge is -2.11. The number of aryl methyl sites for hydroxylation is 2. The van der Waals surface area contributed by atoms with E-state index in [-0.39, 0.29) is 11.5 Å². The van der Waals surface area contributed by atoms with Crippen LogP contribution in [0, 0.1) is 13.8 Å². The second-order valence-corrected chi connectivity index (χ2v) is 8.29. The van der Waals surface area contributed by atoms with E-state index in [9.17, 15) is 9.59 Å². The molecular weight excluding hydrogens is 408 g/mol. The normalized spacial score (nSPS) is 11.2. The first kappa shape index (κ1) is 19.1. The maximum absolute atomic E-state index is 13.0. The van der Waals surface area contributed by atoms with Crippen LogP contribution in [0.3, 0.4) is 0 Å². The lowest BCUT2D eigenvalue weighted by atomic mass is 10.2. The Balaban J connectivity index is 1.44. The zero-order chi connectivity index (χ0) is 21.5. The molecule has 6 nitrogen and oxygen atoms in total. The predicted molar refractivity (Wildman–Crippen MR) is 124 cm³/mol. The smallest absolute Gasteiger partial charge is 0.265 e. The molecule has 2 heterocycles. The summed E-state index contributed by atoms with van der Waals surface area (Å²) >= 11 is 1.44. The van der Waals surface area contributed by atoms with Crippen LogP contribution in [0.5, 0.6) is 0 Å². The van der Waals surface area contributed by atoms with Gasteiger partial charge in [-0.3, -0.25) is 19.5 Å². The molecule has 7 heteroatoms. The van der Waals surface area contributed by atoms with E-state index in [1.165, 1.54) is 11.3 Å². The third-order valence-electron chi connectivity index (χ3n) is 5.17. The molecule has 0 saturated heterocycles. The molecule has 0 spiro atoms. The molecule has 5 rings (SSSR count). The van der Waals surface area contributed by atoms with Crippen molar-refractivity contribution in [1.82, 2.24) is 14.5 Å². The van der Waals surface area contributed by atoms with E-state index in [0.717, 1.165) is 15.8 Å². The van der Waals surface area contributed by atoms with Crippen LogP contribution in [0.2, 0.25) is 0 Å². The summed E-state index contributed by atoms with van der Waals surface area (Å²) in [6.45, 7) is 3.79. The highest BCUT2D eigenvalue weighted by atomic mass is 32.1. The molecule has 152 valence electrons. The zero-order valence-corrected chi connectivity index (χ0v) is 17.7. The van der Waals surface area contributed by atoms with E-state index < -0.39 is 0 Å². The predicted octanol–water partition coefficient (Wildman–Crippen LogP) is 4.86. The number of carbonyl (C=O) groups excluding carboxylic acids is 1. The number of para-hydroxylation sites is 2. The molecule has 0 bridgehead atoms. The molecule has 1 amide bonds. The Morgan fingerprint density at radius 1 is 0.935 bits per heavy atom. The Labute approximate surface area is 181 Å². The molecule has 3 aromatic carbocycles. The van der Waals surface area contributed by atoms with E-state index in [0.29, 0.717) is 33.1 Å². The topological polar surface area (TPSA) is 76.9 Å². The van der Waals surface area contributed by atoms with Crippen LogP contribution in [-0.2, 0) is 0 Å². The number of thiazole rings is 1. The number of benzene rings is 3. The monoisotopic (exact) mass is 426 g/mol. The highest BCUT2D eigenvalue weighted by Crippen LogP contribution is 2.28. The van der Waals surface area contributed by atoms with Gasteiger partial charge >= 0.3 is 0 Å². The van der Waals surface area contributed by atoms with Crippen LogP contribution < -0.4 is 10.9 Å². The van der Waals surface area contributed by atoms with Gasteiger partial charge in [-0.1, -0.05) is 35.6 Å². The minimum absolute atomic E-state index is 0.134. The Morgan fingerprint density at radius 2 is 1.71 bits per heavy atom. The van der Waals surface area contributed by atoms with E-state index in [2.05, 4.69) is 15.3 Å². The highest BCUT2D eigenvalue weighted by molar-refractivity contribution is 7.22. The van der Waals surface area contributed by atoms with Gasteiger partial charge in [0.05, 0.1) is 26.8 Å². The number of hydrogen-bond donors (Lipinski definition) is 1. The quantitative estimate of drug-likeness (QED) is 0.447. The summed E-state index contributed by atoms with van der Waals surface area (Å²) in [5, 5.41) is 3.98. The van der Waals surface area contributed by atoms with Gasteiger partial charge in [0.25, 0.3) is 11.5 Å². The maximum Gasteiger partial charge on any atom is 0.265 e. The van der Waals surface area contributed by atoms with Gasteiger partial charge in [0.2, 0.25) is 0 Å². The Morgan fingerprint density at radius 3 is 2.48 bits per heavy atom. The molecule has 0 fully saturated rings.